The van der Waals surface area contributed by atoms with Gasteiger partial charge in [0.2, 0.25) is 0 Å². The van der Waals surface area contributed by atoms with Crippen molar-refractivity contribution in [3.05, 3.63) is 53.3 Å². The second-order valence-corrected chi connectivity index (χ2v) is 11.4. The van der Waals surface area contributed by atoms with Crippen molar-refractivity contribution in [1.29, 1.82) is 5.26 Å². The molecule has 0 saturated carbocycles. The van der Waals surface area contributed by atoms with Crippen LogP contribution in [-0.2, 0) is 26.0 Å². The molecule has 2 aromatic carbocycles. The number of aromatic nitrogens is 3. The Balaban J connectivity index is 0.000000738. The normalized spacial score (nSPS) is 15.8. The number of nitrogens with one attached hydrogen (secondary N) is 3. The molecule has 0 atom stereocenters. The third kappa shape index (κ3) is 15.7. The van der Waals surface area contributed by atoms with Crippen molar-refractivity contribution >= 4 is 22.6 Å². The van der Waals surface area contributed by atoms with Crippen LogP contribution in [-0.4, -0.2) is 95.5 Å². The number of hydrogen-bond donors (Lipinski definition) is 3. The number of carbonyl (C=O) groups is 2. The molecule has 0 unspecified atom stereocenters. The maximum Gasteiger partial charge on any atom is 2.00 e. The number of nitriles is 1. The Morgan fingerprint density at radius 1 is 0.816 bits per heavy atom. The molecule has 0 bridgehead atoms. The molecule has 0 radical (unpaired) electrons. The maximum absolute atomic E-state index is 12.9. The Kier molecular flexibility index (Phi) is 19.3. The molecule has 2 aliphatic rings. The molecule has 2 aliphatic heterocycles. The molecule has 49 heavy (non-hydrogen) atoms. The van der Waals surface area contributed by atoms with Gasteiger partial charge in [-0.25, -0.2) is 42.0 Å². The van der Waals surface area contributed by atoms with Crippen molar-refractivity contribution in [1.82, 2.24) is 40.7 Å². The number of imide groups is 1. The van der Waals surface area contributed by atoms with Crippen molar-refractivity contribution < 1.29 is 86.8 Å². The maximum atomic E-state index is 12.9. The fourth-order valence-electron chi connectivity index (χ4n) is 4.81. The summed E-state index contributed by atoms with van der Waals surface area (Å²) >= 11 is 0. The van der Waals surface area contributed by atoms with E-state index in [0.29, 0.717) is 29.6 Å². The average Bonchev–Trinajstić information content (AvgIpc) is 3.44. The minimum Gasteiger partial charge on any atom is -0.314 e. The number of carbonyl (C=O) groups excluding carboxylic acids is 2. The van der Waals surface area contributed by atoms with Gasteiger partial charge in [0.05, 0.1) is 23.6 Å². The molecule has 3 aromatic rings. The third-order valence-corrected chi connectivity index (χ3v) is 6.62. The summed E-state index contributed by atoms with van der Waals surface area (Å²) in [4.78, 5) is 29.5. The molecule has 0 aliphatic carbocycles. The van der Waals surface area contributed by atoms with Crippen LogP contribution in [0.25, 0.3) is 16.5 Å². The Labute approximate surface area is 298 Å². The molecular formula is C27H35Cl2N9O10Zn. The predicted octanol–water partition coefficient (Wildman–Crippen LogP) is -8.36. The monoisotopic (exact) mass is 779 g/mol. The minimum absolute atomic E-state index is 0. The number of amides is 2. The zero-order valence-electron chi connectivity index (χ0n) is 26.8. The Bertz CT molecular complexity index is 1480. The first-order valence-corrected chi connectivity index (χ1v) is 16.8. The van der Waals surface area contributed by atoms with E-state index in [-0.39, 0.29) is 31.3 Å². The zero-order chi connectivity index (χ0) is 35.9. The van der Waals surface area contributed by atoms with Crippen LogP contribution in [0.3, 0.4) is 0 Å². The van der Waals surface area contributed by atoms with E-state index in [4.69, 9.17) is 42.5 Å². The van der Waals surface area contributed by atoms with Crippen LogP contribution >= 0.6 is 0 Å². The van der Waals surface area contributed by atoms with Gasteiger partial charge in [-0.05, 0) is 25.1 Å². The molecule has 1 aromatic heterocycles. The number of halogens is 2. The Hall–Kier alpha value is -2.81. The van der Waals surface area contributed by atoms with Gasteiger partial charge in [0, 0.05) is 94.3 Å². The van der Waals surface area contributed by atoms with E-state index in [1.54, 1.807) is 22.9 Å². The second kappa shape index (κ2) is 21.4. The van der Waals surface area contributed by atoms with Crippen molar-refractivity contribution in [2.75, 3.05) is 58.9 Å². The van der Waals surface area contributed by atoms with Gasteiger partial charge in [0.15, 0.2) is 0 Å². The first-order chi connectivity index (χ1) is 22.6. The standard InChI is InChI=1S/C25H32N8O2.C2H3N.2ClHO4.Zn/c1-2-32-24(34)20-5-3-4-19-22(7-6-21(23(19)20)25(32)35)33-17-18(29-30-33)16-31-14-12-27-10-8-26-9-11-28-13-15-31;1-2-3;2*2-1(3,4)5;/h3-7,17,26-28H,2,8-16H2,1H3;1H3;2*(H,2,3,4,5);/q;;;;+2/p-2. The average molecular weight is 782 g/mol. The fraction of sp³-hybridized carbons (Fsp3) is 0.444. The van der Waals surface area contributed by atoms with E-state index in [2.05, 4.69) is 31.2 Å². The number of nitrogens with zero attached hydrogens (tertiary/aromatic N) is 6. The summed E-state index contributed by atoms with van der Waals surface area (Å²) < 4.78 is 69.7. The van der Waals surface area contributed by atoms with E-state index < -0.39 is 20.5 Å². The van der Waals surface area contributed by atoms with E-state index in [1.165, 1.54) is 11.8 Å². The van der Waals surface area contributed by atoms with Gasteiger partial charge in [0.1, 0.15) is 0 Å². The van der Waals surface area contributed by atoms with E-state index in [0.717, 1.165) is 69.1 Å². The van der Waals surface area contributed by atoms with Crippen LogP contribution < -0.4 is 53.2 Å². The van der Waals surface area contributed by atoms with Gasteiger partial charge in [-0.15, -0.1) is 25.6 Å². The van der Waals surface area contributed by atoms with Gasteiger partial charge in [0.25, 0.3) is 11.8 Å². The smallest absolute Gasteiger partial charge is 0.314 e. The summed E-state index contributed by atoms with van der Waals surface area (Å²) in [5.41, 5.74) is 2.79. The molecule has 19 nitrogen and oxygen atoms in total. The molecule has 1 fully saturated rings. The summed E-state index contributed by atoms with van der Waals surface area (Å²) in [6.45, 7) is 11.8. The van der Waals surface area contributed by atoms with Crippen LogP contribution in [0.15, 0.2) is 36.5 Å². The topological polar surface area (TPSA) is 316 Å². The molecule has 5 rings (SSSR count). The van der Waals surface area contributed by atoms with Crippen LogP contribution in [0, 0.1) is 31.8 Å². The van der Waals surface area contributed by atoms with Gasteiger partial charge >= 0.3 is 19.5 Å². The molecule has 264 valence electrons. The summed E-state index contributed by atoms with van der Waals surface area (Å²) in [7, 11) is -9.89. The van der Waals surface area contributed by atoms with Crippen molar-refractivity contribution in [3.8, 4) is 11.8 Å². The number of benzene rings is 2. The molecule has 0 spiro atoms. The summed E-state index contributed by atoms with van der Waals surface area (Å²) in [5, 5.41) is 28.0. The summed E-state index contributed by atoms with van der Waals surface area (Å²) in [5.74, 6) is -0.499. The first kappa shape index (κ1) is 44.2. The quantitative estimate of drug-likeness (QED) is 0.163. The van der Waals surface area contributed by atoms with Crippen molar-refractivity contribution in [3.63, 3.8) is 0 Å². The van der Waals surface area contributed by atoms with Crippen molar-refractivity contribution in [2.45, 2.75) is 20.4 Å². The third-order valence-electron chi connectivity index (χ3n) is 6.62. The molecule has 22 heteroatoms. The Morgan fingerprint density at radius 3 is 1.78 bits per heavy atom. The van der Waals surface area contributed by atoms with E-state index >= 15 is 0 Å². The van der Waals surface area contributed by atoms with Crippen LogP contribution in [0.1, 0.15) is 40.3 Å². The van der Waals surface area contributed by atoms with Crippen LogP contribution in [0.2, 0.25) is 0 Å². The van der Waals surface area contributed by atoms with Gasteiger partial charge < -0.3 is 16.0 Å². The van der Waals surface area contributed by atoms with Gasteiger partial charge in [-0.2, -0.15) is 5.26 Å². The first-order valence-electron chi connectivity index (χ1n) is 14.3. The zero-order valence-corrected chi connectivity index (χ0v) is 31.2. The molecular weight excluding hydrogens is 747 g/mol. The molecule has 3 heterocycles. The minimum atomic E-state index is -4.94. The molecule has 3 N–H and O–H groups in total. The Morgan fingerprint density at radius 2 is 1.29 bits per heavy atom. The predicted molar refractivity (Wildman–Crippen MR) is 145 cm³/mol. The van der Waals surface area contributed by atoms with E-state index in [9.17, 15) is 9.59 Å². The van der Waals surface area contributed by atoms with Gasteiger partial charge in [-0.1, -0.05) is 17.3 Å². The van der Waals surface area contributed by atoms with E-state index in [1.807, 2.05) is 31.3 Å². The number of hydrogen-bond acceptors (Lipinski definition) is 17. The summed E-state index contributed by atoms with van der Waals surface area (Å²) in [6.07, 6.45) is 1.94. The van der Waals surface area contributed by atoms with Crippen LogP contribution in [0.5, 0.6) is 0 Å². The second-order valence-electron chi connectivity index (χ2n) is 9.88. The number of rotatable bonds is 4. The molecule has 2 amide bonds. The van der Waals surface area contributed by atoms with Crippen LogP contribution in [0.4, 0.5) is 0 Å². The van der Waals surface area contributed by atoms with Crippen molar-refractivity contribution in [2.24, 2.45) is 0 Å². The summed E-state index contributed by atoms with van der Waals surface area (Å²) in [6, 6.07) is 11.0. The fourth-order valence-corrected chi connectivity index (χ4v) is 4.81. The SMILES string of the molecule is CC#N.CCN1C(=O)c2cccc3c(-n4cc(CN5CCNCCNCCNCC5)nn4)ccc(c23)C1=O.[O-][Cl+3]([O-])([O-])[O-].[O-][Cl+3]([O-])([O-])[O-].[Zn+2]. The van der Waals surface area contributed by atoms with Gasteiger partial charge in [-0.3, -0.25) is 19.4 Å². The molecule has 1 saturated heterocycles. The largest absolute Gasteiger partial charge is 2.00 e.